The fraction of sp³-hybridized carbons (Fsp3) is 0.368. The van der Waals surface area contributed by atoms with E-state index in [1.165, 1.54) is 29.9 Å². The van der Waals surface area contributed by atoms with Crippen molar-refractivity contribution in [2.24, 2.45) is 0 Å². The van der Waals surface area contributed by atoms with Gasteiger partial charge in [0.2, 0.25) is 0 Å². The first-order chi connectivity index (χ1) is 10.8. The summed E-state index contributed by atoms with van der Waals surface area (Å²) in [5.41, 5.74) is 8.32. The highest BCUT2D eigenvalue weighted by atomic mass is 15.3. The van der Waals surface area contributed by atoms with Crippen molar-refractivity contribution in [3.05, 3.63) is 65.7 Å². The largest absolute Gasteiger partial charge is 0.360 e. The van der Waals surface area contributed by atoms with Gasteiger partial charge in [-0.25, -0.2) is 0 Å². The second kappa shape index (κ2) is 6.95. The van der Waals surface area contributed by atoms with Gasteiger partial charge in [-0.15, -0.1) is 0 Å². The van der Waals surface area contributed by atoms with Crippen molar-refractivity contribution < 1.29 is 10.6 Å². The van der Waals surface area contributed by atoms with Crippen molar-refractivity contribution in [2.75, 3.05) is 37.6 Å². The number of quaternary nitrogens is 2. The van der Waals surface area contributed by atoms with Crippen molar-refractivity contribution in [1.82, 2.24) is 0 Å². The van der Waals surface area contributed by atoms with E-state index in [2.05, 4.69) is 72.2 Å². The van der Waals surface area contributed by atoms with Crippen LogP contribution < -0.4 is 15.5 Å². The highest BCUT2D eigenvalue weighted by Gasteiger charge is 2.28. The lowest BCUT2D eigenvalue weighted by molar-refractivity contribution is -0.938. The van der Waals surface area contributed by atoms with Crippen LogP contribution in [0.4, 0.5) is 5.69 Å². The Labute approximate surface area is 133 Å². The Kier molecular flexibility index (Phi) is 4.76. The molecule has 3 rings (SSSR count). The number of rotatable bonds is 4. The summed E-state index contributed by atoms with van der Waals surface area (Å²) in [7, 11) is 0. The van der Waals surface area contributed by atoms with Gasteiger partial charge < -0.3 is 15.5 Å². The molecule has 1 saturated heterocycles. The minimum Gasteiger partial charge on any atom is -0.360 e. The van der Waals surface area contributed by atoms with E-state index in [4.69, 9.17) is 0 Å². The lowest BCUT2D eigenvalue weighted by Crippen LogP contribution is -3.16. The Bertz CT molecular complexity index is 571. The summed E-state index contributed by atoms with van der Waals surface area (Å²) >= 11 is 0. The normalized spacial score (nSPS) is 17.5. The van der Waals surface area contributed by atoms with Gasteiger partial charge in [-0.05, 0) is 19.1 Å². The predicted octanol–water partition coefficient (Wildman–Crippen LogP) is 0.683. The van der Waals surface area contributed by atoms with E-state index < -0.39 is 0 Å². The molecule has 0 aliphatic carbocycles. The molecule has 0 spiro atoms. The van der Waals surface area contributed by atoms with Gasteiger partial charge in [-0.3, -0.25) is 0 Å². The smallest absolute Gasteiger partial charge is 0.163 e. The van der Waals surface area contributed by atoms with Crippen LogP contribution in [0.1, 0.15) is 17.2 Å². The number of hydrogen-bond donors (Lipinski definition) is 2. The molecule has 2 aromatic carbocycles. The summed E-state index contributed by atoms with van der Waals surface area (Å²) < 4.78 is 0. The summed E-state index contributed by atoms with van der Waals surface area (Å²) in [6, 6.07) is 20.3. The fourth-order valence-electron chi connectivity index (χ4n) is 3.44. The number of para-hydroxylation sites is 1. The Hall–Kier alpha value is -1.84. The number of nitrogens with zero attached hydrogens (tertiary/aromatic N) is 1. The summed E-state index contributed by atoms with van der Waals surface area (Å²) in [6.45, 7) is 7.73. The van der Waals surface area contributed by atoms with Crippen molar-refractivity contribution >= 4 is 5.69 Å². The summed E-state index contributed by atoms with van der Waals surface area (Å²) in [5, 5.41) is 0. The average Bonchev–Trinajstić information content (AvgIpc) is 2.59. The number of aryl methyl sites for hydroxylation is 1. The molecule has 0 radical (unpaired) electrons. The molecule has 0 aromatic heterocycles. The molecule has 22 heavy (non-hydrogen) atoms. The van der Waals surface area contributed by atoms with E-state index in [1.54, 1.807) is 4.90 Å². The zero-order valence-electron chi connectivity index (χ0n) is 13.5. The monoisotopic (exact) mass is 297 g/mol. The highest BCUT2D eigenvalue weighted by Crippen LogP contribution is 2.14. The number of benzene rings is 2. The van der Waals surface area contributed by atoms with E-state index in [0.717, 1.165) is 19.6 Å². The quantitative estimate of drug-likeness (QED) is 0.855. The fourth-order valence-corrected chi connectivity index (χ4v) is 3.44. The highest BCUT2D eigenvalue weighted by molar-refractivity contribution is 5.46. The van der Waals surface area contributed by atoms with Crippen LogP contribution in [0.2, 0.25) is 0 Å². The second-order valence-corrected chi connectivity index (χ2v) is 6.23. The Balaban J connectivity index is 1.65. The van der Waals surface area contributed by atoms with Crippen LogP contribution in [0.25, 0.3) is 0 Å². The average molecular weight is 297 g/mol. The van der Waals surface area contributed by atoms with Crippen LogP contribution in [0.5, 0.6) is 0 Å². The van der Waals surface area contributed by atoms with Gasteiger partial charge in [0, 0.05) is 11.3 Å². The van der Waals surface area contributed by atoms with Crippen LogP contribution in [0, 0.1) is 6.92 Å². The topological polar surface area (TPSA) is 35.3 Å². The minimum atomic E-state index is 0.526. The molecule has 0 bridgehead atoms. The molecular weight excluding hydrogens is 270 g/mol. The van der Waals surface area contributed by atoms with Crippen LogP contribution in [0.3, 0.4) is 0 Å². The molecule has 2 aromatic rings. The van der Waals surface area contributed by atoms with Gasteiger partial charge in [0.1, 0.15) is 6.54 Å². The molecule has 0 saturated carbocycles. The van der Waals surface area contributed by atoms with Crippen molar-refractivity contribution in [3.8, 4) is 0 Å². The van der Waals surface area contributed by atoms with Gasteiger partial charge in [0.25, 0.3) is 0 Å². The van der Waals surface area contributed by atoms with Crippen LogP contribution in [0.15, 0.2) is 54.6 Å². The summed E-state index contributed by atoms with van der Waals surface area (Å²) in [6.07, 6.45) is 0. The molecule has 1 fully saturated rings. The van der Waals surface area contributed by atoms with Crippen molar-refractivity contribution in [2.45, 2.75) is 13.0 Å². The zero-order valence-corrected chi connectivity index (χ0v) is 13.5. The maximum atomic E-state index is 4.20. The number of anilines is 1. The van der Waals surface area contributed by atoms with E-state index >= 15 is 0 Å². The maximum Gasteiger partial charge on any atom is 0.163 e. The second-order valence-electron chi connectivity index (χ2n) is 6.23. The van der Waals surface area contributed by atoms with E-state index in [1.807, 2.05) is 0 Å². The lowest BCUT2D eigenvalue weighted by Gasteiger charge is -2.36. The summed E-state index contributed by atoms with van der Waals surface area (Å²) in [4.78, 5) is 4.17. The predicted molar refractivity (Wildman–Crippen MR) is 91.0 cm³/mol. The molecule has 0 unspecified atom stereocenters. The SMILES string of the molecule is Cc1ccc([C@@H](C[NH3+])[NH+]2CCN(c3ccccc3)CC2)cc1. The zero-order chi connectivity index (χ0) is 15.4. The molecule has 1 aliphatic rings. The van der Waals surface area contributed by atoms with Crippen molar-refractivity contribution in [1.29, 1.82) is 0 Å². The molecule has 0 amide bonds. The maximum absolute atomic E-state index is 4.20. The third-order valence-corrected chi connectivity index (χ3v) is 4.79. The Morgan fingerprint density at radius 1 is 1.00 bits per heavy atom. The first-order valence-corrected chi connectivity index (χ1v) is 8.28. The number of piperazine rings is 1. The van der Waals surface area contributed by atoms with Gasteiger partial charge >= 0.3 is 0 Å². The van der Waals surface area contributed by atoms with Crippen LogP contribution >= 0.6 is 0 Å². The third-order valence-electron chi connectivity index (χ3n) is 4.79. The van der Waals surface area contributed by atoms with Gasteiger partial charge in [-0.1, -0.05) is 48.0 Å². The molecule has 1 aliphatic heterocycles. The van der Waals surface area contributed by atoms with Crippen LogP contribution in [-0.4, -0.2) is 32.7 Å². The molecule has 4 N–H and O–H groups in total. The first-order valence-electron chi connectivity index (χ1n) is 8.28. The molecule has 116 valence electrons. The number of hydrogen-bond acceptors (Lipinski definition) is 1. The molecule has 3 heteroatoms. The standard InChI is InChI=1S/C19H25N3/c1-16-7-9-17(10-8-16)19(15-20)22-13-11-21(12-14-22)18-5-3-2-4-6-18/h2-10,19H,11-15,20H2,1H3/p+2/t19-/m1/s1. The Morgan fingerprint density at radius 2 is 1.64 bits per heavy atom. The van der Waals surface area contributed by atoms with Gasteiger partial charge in [0.15, 0.2) is 6.04 Å². The summed E-state index contributed by atoms with van der Waals surface area (Å²) in [5.74, 6) is 0. The van der Waals surface area contributed by atoms with E-state index in [9.17, 15) is 0 Å². The molecular formula is C19H27N3+2. The molecule has 1 atom stereocenters. The number of nitrogens with one attached hydrogen (secondary N) is 1. The van der Waals surface area contributed by atoms with Gasteiger partial charge in [-0.2, -0.15) is 0 Å². The third kappa shape index (κ3) is 3.32. The van der Waals surface area contributed by atoms with E-state index in [0.29, 0.717) is 6.04 Å². The Morgan fingerprint density at radius 3 is 2.23 bits per heavy atom. The first kappa shape index (κ1) is 15.1. The molecule has 3 nitrogen and oxygen atoms in total. The van der Waals surface area contributed by atoms with Crippen molar-refractivity contribution in [3.63, 3.8) is 0 Å². The van der Waals surface area contributed by atoms with E-state index in [-0.39, 0.29) is 0 Å². The van der Waals surface area contributed by atoms with Gasteiger partial charge in [0.05, 0.1) is 26.2 Å². The minimum absolute atomic E-state index is 0.526. The lowest BCUT2D eigenvalue weighted by atomic mass is 10.0. The molecule has 1 heterocycles. The van der Waals surface area contributed by atoms with Crippen LogP contribution in [-0.2, 0) is 0 Å².